The molecule has 0 aromatic heterocycles. The molecule has 3 nitrogen and oxygen atoms in total. The van der Waals surface area contributed by atoms with Crippen molar-refractivity contribution in [2.75, 3.05) is 5.75 Å². The zero-order valence-electron chi connectivity index (χ0n) is 15.6. The van der Waals surface area contributed by atoms with Gasteiger partial charge in [-0.05, 0) is 29.2 Å². The SMILES string of the molecule is Cc1ccccc1C(SCC(N)C(=O)O)(c1ccccc1)c1ccccc1.Cl. The van der Waals surface area contributed by atoms with Crippen LogP contribution in [0.5, 0.6) is 0 Å². The maximum absolute atomic E-state index is 11.4. The molecule has 3 rings (SSSR count). The average Bonchev–Trinajstić information content (AvgIpc) is 2.71. The summed E-state index contributed by atoms with van der Waals surface area (Å²) in [7, 11) is 0. The first-order valence-corrected chi connectivity index (χ1v) is 9.84. The van der Waals surface area contributed by atoms with Gasteiger partial charge in [0.05, 0.1) is 4.75 Å². The van der Waals surface area contributed by atoms with Crippen LogP contribution in [0.3, 0.4) is 0 Å². The molecule has 0 aliphatic carbocycles. The Hall–Kier alpha value is -2.27. The van der Waals surface area contributed by atoms with Crippen molar-refractivity contribution >= 4 is 30.1 Å². The number of carboxylic acid groups (broad SMARTS) is 1. The fraction of sp³-hybridized carbons (Fsp3) is 0.174. The molecule has 3 aromatic rings. The molecule has 0 amide bonds. The molecule has 5 heteroatoms. The number of halogens is 1. The summed E-state index contributed by atoms with van der Waals surface area (Å²) in [5.74, 6) is -0.685. The average molecular weight is 414 g/mol. The van der Waals surface area contributed by atoms with E-state index in [2.05, 4.69) is 43.3 Å². The van der Waals surface area contributed by atoms with E-state index in [0.717, 1.165) is 22.3 Å². The van der Waals surface area contributed by atoms with Crippen molar-refractivity contribution in [3.8, 4) is 0 Å². The van der Waals surface area contributed by atoms with Crippen molar-refractivity contribution in [3.05, 3.63) is 107 Å². The van der Waals surface area contributed by atoms with Gasteiger partial charge in [0.2, 0.25) is 0 Å². The number of aryl methyl sites for hydroxylation is 1. The van der Waals surface area contributed by atoms with Gasteiger partial charge in [-0.15, -0.1) is 24.2 Å². The second-order valence-electron chi connectivity index (χ2n) is 6.48. The highest BCUT2D eigenvalue weighted by molar-refractivity contribution is 8.00. The van der Waals surface area contributed by atoms with Gasteiger partial charge in [-0.25, -0.2) is 0 Å². The Labute approximate surface area is 176 Å². The lowest BCUT2D eigenvalue weighted by Gasteiger charge is -2.37. The summed E-state index contributed by atoms with van der Waals surface area (Å²) in [5, 5.41) is 9.31. The number of hydrogen-bond donors (Lipinski definition) is 2. The molecule has 0 aliphatic heterocycles. The van der Waals surface area contributed by atoms with E-state index in [9.17, 15) is 9.90 Å². The molecule has 0 aliphatic rings. The minimum Gasteiger partial charge on any atom is -0.480 e. The first-order chi connectivity index (χ1) is 13.1. The van der Waals surface area contributed by atoms with Crippen LogP contribution in [0.4, 0.5) is 0 Å². The van der Waals surface area contributed by atoms with Crippen molar-refractivity contribution in [2.45, 2.75) is 17.7 Å². The molecule has 146 valence electrons. The molecule has 0 bridgehead atoms. The Bertz CT molecular complexity index is 863. The van der Waals surface area contributed by atoms with Gasteiger partial charge in [0.25, 0.3) is 0 Å². The fourth-order valence-corrected chi connectivity index (χ4v) is 4.88. The molecule has 0 fully saturated rings. The van der Waals surface area contributed by atoms with E-state index in [-0.39, 0.29) is 12.4 Å². The summed E-state index contributed by atoms with van der Waals surface area (Å²) in [4.78, 5) is 11.4. The minimum atomic E-state index is -0.984. The number of nitrogens with two attached hydrogens (primary N) is 1. The number of carbonyl (C=O) groups is 1. The monoisotopic (exact) mass is 413 g/mol. The largest absolute Gasteiger partial charge is 0.480 e. The van der Waals surface area contributed by atoms with E-state index in [4.69, 9.17) is 5.73 Å². The van der Waals surface area contributed by atoms with Gasteiger partial charge in [0, 0.05) is 5.75 Å². The zero-order chi connectivity index (χ0) is 19.3. The fourth-order valence-electron chi connectivity index (χ4n) is 3.32. The van der Waals surface area contributed by atoms with E-state index in [0.29, 0.717) is 5.75 Å². The number of thioether (sulfide) groups is 1. The second-order valence-corrected chi connectivity index (χ2v) is 7.72. The number of rotatable bonds is 7. The van der Waals surface area contributed by atoms with Crippen molar-refractivity contribution in [1.82, 2.24) is 0 Å². The van der Waals surface area contributed by atoms with Crippen LogP contribution in [0.2, 0.25) is 0 Å². The van der Waals surface area contributed by atoms with Gasteiger partial charge in [0.1, 0.15) is 6.04 Å². The van der Waals surface area contributed by atoms with Gasteiger partial charge in [-0.1, -0.05) is 84.9 Å². The predicted octanol–water partition coefficient (Wildman–Crippen LogP) is 4.85. The third-order valence-corrected chi connectivity index (χ3v) is 6.33. The highest BCUT2D eigenvalue weighted by Crippen LogP contribution is 2.49. The Kier molecular flexibility index (Phi) is 7.69. The summed E-state index contributed by atoms with van der Waals surface area (Å²) in [6.45, 7) is 2.09. The number of hydrogen-bond acceptors (Lipinski definition) is 3. The molecule has 3 aromatic carbocycles. The summed E-state index contributed by atoms with van der Waals surface area (Å²) in [5.41, 5.74) is 10.4. The Morgan fingerprint density at radius 1 is 0.929 bits per heavy atom. The van der Waals surface area contributed by atoms with Crippen LogP contribution < -0.4 is 5.73 Å². The van der Waals surface area contributed by atoms with Crippen LogP contribution >= 0.6 is 24.2 Å². The molecule has 1 unspecified atom stereocenters. The highest BCUT2D eigenvalue weighted by Gasteiger charge is 2.38. The molecule has 1 atom stereocenters. The van der Waals surface area contributed by atoms with Gasteiger partial charge in [-0.2, -0.15) is 0 Å². The normalized spacial score (nSPS) is 12.1. The van der Waals surface area contributed by atoms with Crippen LogP contribution in [0.1, 0.15) is 22.3 Å². The minimum absolute atomic E-state index is 0. The van der Waals surface area contributed by atoms with Gasteiger partial charge in [0.15, 0.2) is 0 Å². The van der Waals surface area contributed by atoms with Crippen molar-refractivity contribution < 1.29 is 9.90 Å². The van der Waals surface area contributed by atoms with Crippen molar-refractivity contribution in [3.63, 3.8) is 0 Å². The molecule has 0 heterocycles. The Morgan fingerprint density at radius 2 is 1.39 bits per heavy atom. The lowest BCUT2D eigenvalue weighted by Crippen LogP contribution is -2.36. The Balaban J connectivity index is 0.00000280. The molecule has 3 N–H and O–H groups in total. The third-order valence-electron chi connectivity index (χ3n) is 4.68. The molecule has 0 saturated carbocycles. The molecule has 28 heavy (non-hydrogen) atoms. The first-order valence-electron chi connectivity index (χ1n) is 8.85. The lowest BCUT2D eigenvalue weighted by molar-refractivity contribution is -0.137. The van der Waals surface area contributed by atoms with E-state index in [1.54, 1.807) is 11.8 Å². The smallest absolute Gasteiger partial charge is 0.321 e. The summed E-state index contributed by atoms with van der Waals surface area (Å²) < 4.78 is -0.541. The molecule has 0 spiro atoms. The van der Waals surface area contributed by atoms with Crippen molar-refractivity contribution in [1.29, 1.82) is 0 Å². The molecular formula is C23H24ClNO2S. The van der Waals surface area contributed by atoms with Gasteiger partial charge >= 0.3 is 5.97 Å². The van der Waals surface area contributed by atoms with Crippen LogP contribution in [0.25, 0.3) is 0 Å². The molecule has 0 radical (unpaired) electrons. The predicted molar refractivity (Wildman–Crippen MR) is 119 cm³/mol. The maximum atomic E-state index is 11.4. The van der Waals surface area contributed by atoms with Crippen LogP contribution in [0, 0.1) is 6.92 Å². The van der Waals surface area contributed by atoms with Crippen LogP contribution in [0.15, 0.2) is 84.9 Å². The number of carboxylic acids is 1. The van der Waals surface area contributed by atoms with Crippen LogP contribution in [-0.2, 0) is 9.54 Å². The zero-order valence-corrected chi connectivity index (χ0v) is 17.2. The highest BCUT2D eigenvalue weighted by atomic mass is 35.5. The molecular weight excluding hydrogens is 390 g/mol. The Morgan fingerprint density at radius 3 is 1.86 bits per heavy atom. The van der Waals surface area contributed by atoms with Crippen LogP contribution in [-0.4, -0.2) is 22.9 Å². The topological polar surface area (TPSA) is 63.3 Å². The molecule has 0 saturated heterocycles. The third kappa shape index (κ3) is 4.41. The lowest BCUT2D eigenvalue weighted by atomic mass is 9.82. The second kappa shape index (κ2) is 9.78. The van der Waals surface area contributed by atoms with E-state index in [1.807, 2.05) is 48.5 Å². The summed E-state index contributed by atoms with van der Waals surface area (Å²) in [6, 6.07) is 27.8. The summed E-state index contributed by atoms with van der Waals surface area (Å²) >= 11 is 1.57. The van der Waals surface area contributed by atoms with E-state index >= 15 is 0 Å². The maximum Gasteiger partial charge on any atom is 0.321 e. The summed E-state index contributed by atoms with van der Waals surface area (Å²) in [6.07, 6.45) is 0. The van der Waals surface area contributed by atoms with Gasteiger partial charge in [-0.3, -0.25) is 4.79 Å². The van der Waals surface area contributed by atoms with Gasteiger partial charge < -0.3 is 10.8 Å². The first kappa shape index (κ1) is 22.0. The van der Waals surface area contributed by atoms with E-state index in [1.165, 1.54) is 0 Å². The van der Waals surface area contributed by atoms with Crippen molar-refractivity contribution in [2.24, 2.45) is 5.73 Å². The number of aliphatic carboxylic acids is 1. The van der Waals surface area contributed by atoms with E-state index < -0.39 is 16.8 Å². The quantitative estimate of drug-likeness (QED) is 0.543. The standard InChI is InChI=1S/C23H23NO2S.ClH/c1-17-10-8-9-15-20(17)23(18-11-4-2-5-12-18,19-13-6-3-7-14-19)27-16-21(24)22(25)26;/h2-15,21H,16,24H2,1H3,(H,25,26);1H. The number of benzene rings is 3.